The van der Waals surface area contributed by atoms with Gasteiger partial charge in [0.1, 0.15) is 0 Å². The van der Waals surface area contributed by atoms with Crippen molar-refractivity contribution in [3.8, 4) is 11.8 Å². The molecule has 0 amide bonds. The normalized spacial score (nSPS) is 11.5. The van der Waals surface area contributed by atoms with Crippen molar-refractivity contribution in [3.05, 3.63) is 89.2 Å². The molecule has 32 heavy (non-hydrogen) atoms. The lowest BCUT2D eigenvalue weighted by Gasteiger charge is -2.09. The van der Waals surface area contributed by atoms with E-state index in [4.69, 9.17) is 4.52 Å². The molecule has 0 saturated heterocycles. The molecule has 0 spiro atoms. The van der Waals surface area contributed by atoms with Crippen LogP contribution >= 0.6 is 0 Å². The first-order valence-electron chi connectivity index (χ1n) is 9.68. The summed E-state index contributed by atoms with van der Waals surface area (Å²) in [4.78, 5) is 0. The Morgan fingerprint density at radius 1 is 1.03 bits per heavy atom. The molecule has 0 unspecified atom stereocenters. The van der Waals surface area contributed by atoms with Crippen molar-refractivity contribution < 1.29 is 17.7 Å². The van der Waals surface area contributed by atoms with Gasteiger partial charge in [0.2, 0.25) is 0 Å². The summed E-state index contributed by atoms with van der Waals surface area (Å²) in [7, 11) is 0. The van der Waals surface area contributed by atoms with Gasteiger partial charge in [-0.25, -0.2) is 4.52 Å². The van der Waals surface area contributed by atoms with Gasteiger partial charge < -0.3 is 9.84 Å². The van der Waals surface area contributed by atoms with E-state index in [9.17, 15) is 13.2 Å². The van der Waals surface area contributed by atoms with Crippen LogP contribution in [0.5, 0.6) is 0 Å². The molecule has 1 N–H and O–H groups in total. The van der Waals surface area contributed by atoms with Crippen molar-refractivity contribution in [1.29, 1.82) is 0 Å². The van der Waals surface area contributed by atoms with Crippen LogP contribution in [0.1, 0.15) is 22.3 Å². The molecule has 3 aromatic heterocycles. The van der Waals surface area contributed by atoms with Gasteiger partial charge >= 0.3 is 6.18 Å². The molecule has 158 valence electrons. The fourth-order valence-corrected chi connectivity index (χ4v) is 3.42. The molecule has 5 aromatic rings. The molecular formula is C24H15F3N4O. The predicted molar refractivity (Wildman–Crippen MR) is 115 cm³/mol. The second kappa shape index (κ2) is 7.46. The largest absolute Gasteiger partial charge is 0.416 e. The van der Waals surface area contributed by atoms with Gasteiger partial charge in [-0.1, -0.05) is 35.2 Å². The fourth-order valence-electron chi connectivity index (χ4n) is 3.42. The molecule has 0 bridgehead atoms. The summed E-state index contributed by atoms with van der Waals surface area (Å²) in [6, 6.07) is 14.3. The molecule has 3 heterocycles. The third-order valence-electron chi connectivity index (χ3n) is 5.05. The summed E-state index contributed by atoms with van der Waals surface area (Å²) in [5.74, 6) is 6.59. The number of hydrogen-bond acceptors (Lipinski definition) is 4. The van der Waals surface area contributed by atoms with E-state index in [2.05, 4.69) is 27.4 Å². The quantitative estimate of drug-likeness (QED) is 0.351. The van der Waals surface area contributed by atoms with Crippen molar-refractivity contribution in [1.82, 2.24) is 14.8 Å². The predicted octanol–water partition coefficient (Wildman–Crippen LogP) is 5.95. The van der Waals surface area contributed by atoms with Crippen LogP contribution in [-0.4, -0.2) is 14.8 Å². The van der Waals surface area contributed by atoms with E-state index in [-0.39, 0.29) is 5.69 Å². The van der Waals surface area contributed by atoms with E-state index >= 15 is 0 Å². The number of rotatable bonds is 2. The van der Waals surface area contributed by atoms with Gasteiger partial charge in [0.05, 0.1) is 33.8 Å². The van der Waals surface area contributed by atoms with Crippen LogP contribution in [-0.2, 0) is 6.18 Å². The number of aryl methyl sites for hydroxylation is 1. The van der Waals surface area contributed by atoms with Crippen molar-refractivity contribution in [2.24, 2.45) is 0 Å². The Balaban J connectivity index is 1.53. The standard InChI is InChI=1S/C24H15F3N4O/c1-15-8-10-20-22(19(15)11-9-16-14-28-31-12-3-2-7-21(16)31)32-30-23(20)29-18-6-4-5-17(13-18)24(25,26)27/h2-8,10,12-14H,1H3,(H,29,30). The van der Waals surface area contributed by atoms with E-state index in [0.717, 1.165) is 28.8 Å². The summed E-state index contributed by atoms with van der Waals surface area (Å²) in [6.45, 7) is 1.90. The van der Waals surface area contributed by atoms with Gasteiger partial charge in [0.25, 0.3) is 0 Å². The fraction of sp³-hybridized carbons (Fsp3) is 0.0833. The third kappa shape index (κ3) is 3.54. The number of benzene rings is 2. The topological polar surface area (TPSA) is 55.4 Å². The van der Waals surface area contributed by atoms with Crippen LogP contribution in [0.15, 0.2) is 71.5 Å². The van der Waals surface area contributed by atoms with Crippen LogP contribution < -0.4 is 5.32 Å². The maximum Gasteiger partial charge on any atom is 0.416 e. The minimum Gasteiger partial charge on any atom is -0.353 e. The zero-order chi connectivity index (χ0) is 22.3. The summed E-state index contributed by atoms with van der Waals surface area (Å²) in [6.07, 6.45) is -0.894. The Kier molecular flexibility index (Phi) is 4.59. The first-order chi connectivity index (χ1) is 15.4. The maximum atomic E-state index is 13.0. The maximum absolute atomic E-state index is 13.0. The van der Waals surface area contributed by atoms with E-state index < -0.39 is 11.7 Å². The first kappa shape index (κ1) is 19.7. The average molecular weight is 432 g/mol. The van der Waals surface area contributed by atoms with Crippen LogP contribution in [0.3, 0.4) is 0 Å². The summed E-state index contributed by atoms with van der Waals surface area (Å²) >= 11 is 0. The molecule has 8 heteroatoms. The van der Waals surface area contributed by atoms with Gasteiger partial charge in [0.15, 0.2) is 11.4 Å². The summed E-state index contributed by atoms with van der Waals surface area (Å²) < 4.78 is 46.3. The lowest BCUT2D eigenvalue weighted by atomic mass is 10.1. The minimum absolute atomic E-state index is 0.259. The lowest BCUT2D eigenvalue weighted by molar-refractivity contribution is -0.137. The van der Waals surface area contributed by atoms with Gasteiger partial charge in [-0.05, 0) is 48.9 Å². The van der Waals surface area contributed by atoms with Crippen molar-refractivity contribution >= 4 is 28.0 Å². The van der Waals surface area contributed by atoms with Gasteiger partial charge in [-0.2, -0.15) is 18.3 Å². The van der Waals surface area contributed by atoms with Crippen molar-refractivity contribution in [2.75, 3.05) is 5.32 Å². The first-order valence-corrected chi connectivity index (χ1v) is 9.68. The molecule has 5 nitrogen and oxygen atoms in total. The van der Waals surface area contributed by atoms with Crippen LogP contribution in [0.4, 0.5) is 24.7 Å². The van der Waals surface area contributed by atoms with E-state index in [1.54, 1.807) is 16.8 Å². The molecule has 0 saturated carbocycles. The lowest BCUT2D eigenvalue weighted by Crippen LogP contribution is -2.05. The number of aromatic nitrogens is 3. The second-order valence-electron chi connectivity index (χ2n) is 7.21. The number of anilines is 2. The Hall–Kier alpha value is -4.25. The Bertz CT molecular complexity index is 1520. The Morgan fingerprint density at radius 3 is 2.75 bits per heavy atom. The van der Waals surface area contributed by atoms with Crippen molar-refractivity contribution in [2.45, 2.75) is 13.1 Å². The molecule has 5 rings (SSSR count). The number of nitrogens with zero attached hydrogens (tertiary/aromatic N) is 3. The zero-order valence-corrected chi connectivity index (χ0v) is 16.7. The average Bonchev–Trinajstić information content (AvgIpc) is 3.37. The molecule has 0 aliphatic rings. The molecule has 0 radical (unpaired) electrons. The number of alkyl halides is 3. The van der Waals surface area contributed by atoms with Gasteiger partial charge in [-0.3, -0.25) is 0 Å². The highest BCUT2D eigenvalue weighted by Gasteiger charge is 2.30. The summed E-state index contributed by atoms with van der Waals surface area (Å²) in [5, 5.41) is 11.8. The van der Waals surface area contributed by atoms with Crippen LogP contribution in [0.2, 0.25) is 0 Å². The molecule has 0 atom stereocenters. The SMILES string of the molecule is Cc1ccc2c(Nc3cccc(C(F)(F)F)c3)noc2c1C#Cc1cnn2ccccc12. The van der Waals surface area contributed by atoms with Crippen LogP contribution in [0.25, 0.3) is 16.5 Å². The highest BCUT2D eigenvalue weighted by molar-refractivity contribution is 5.94. The van der Waals surface area contributed by atoms with E-state index in [0.29, 0.717) is 22.4 Å². The monoisotopic (exact) mass is 432 g/mol. The molecule has 0 fully saturated rings. The van der Waals surface area contributed by atoms with E-state index in [1.807, 2.05) is 37.4 Å². The minimum atomic E-state index is -4.43. The smallest absolute Gasteiger partial charge is 0.353 e. The molecule has 2 aromatic carbocycles. The molecular weight excluding hydrogens is 417 g/mol. The number of fused-ring (bicyclic) bond motifs is 2. The zero-order valence-electron chi connectivity index (χ0n) is 16.7. The van der Waals surface area contributed by atoms with E-state index in [1.165, 1.54) is 12.1 Å². The van der Waals surface area contributed by atoms with Crippen LogP contribution in [0, 0.1) is 18.8 Å². The van der Waals surface area contributed by atoms with Crippen molar-refractivity contribution in [3.63, 3.8) is 0 Å². The van der Waals surface area contributed by atoms with Gasteiger partial charge in [0, 0.05) is 11.9 Å². The number of hydrogen-bond donors (Lipinski definition) is 1. The highest BCUT2D eigenvalue weighted by Crippen LogP contribution is 2.33. The molecule has 0 aliphatic carbocycles. The summed E-state index contributed by atoms with van der Waals surface area (Å²) in [5.41, 5.74) is 3.17. The number of pyridine rings is 1. The Morgan fingerprint density at radius 2 is 1.91 bits per heavy atom. The number of halogens is 3. The number of nitrogens with one attached hydrogen (secondary N) is 1. The van der Waals surface area contributed by atoms with Gasteiger partial charge in [-0.15, -0.1) is 0 Å². The molecule has 0 aliphatic heterocycles. The Labute approximate surface area is 180 Å². The third-order valence-corrected chi connectivity index (χ3v) is 5.05. The highest BCUT2D eigenvalue weighted by atomic mass is 19.4. The second-order valence-corrected chi connectivity index (χ2v) is 7.21.